The van der Waals surface area contributed by atoms with Crippen molar-refractivity contribution in [2.75, 3.05) is 0 Å². The zero-order valence-electron chi connectivity index (χ0n) is 13.3. The van der Waals surface area contributed by atoms with E-state index in [9.17, 15) is 4.79 Å². The lowest BCUT2D eigenvalue weighted by molar-refractivity contribution is 0.1000. The van der Waals surface area contributed by atoms with Gasteiger partial charge in [-0.25, -0.2) is 4.98 Å². The molecule has 2 aromatic heterocycles. The molecule has 1 aliphatic carbocycles. The molecule has 4 rings (SSSR count). The van der Waals surface area contributed by atoms with E-state index in [1.54, 1.807) is 11.3 Å². The lowest BCUT2D eigenvalue weighted by Crippen LogP contribution is -2.15. The Morgan fingerprint density at radius 1 is 1.17 bits per heavy atom. The molecule has 3 aromatic rings. The van der Waals surface area contributed by atoms with Crippen molar-refractivity contribution in [1.29, 1.82) is 0 Å². The molecule has 0 saturated carbocycles. The minimum atomic E-state index is -0.398. The van der Waals surface area contributed by atoms with E-state index in [0.717, 1.165) is 39.9 Å². The van der Waals surface area contributed by atoms with Gasteiger partial charge in [0.15, 0.2) is 0 Å². The van der Waals surface area contributed by atoms with Crippen LogP contribution in [0.1, 0.15) is 38.5 Å². The van der Waals surface area contributed by atoms with E-state index in [1.807, 2.05) is 6.92 Å². The fourth-order valence-electron chi connectivity index (χ4n) is 3.55. The third kappa shape index (κ3) is 2.17. The van der Waals surface area contributed by atoms with Crippen LogP contribution in [0.15, 0.2) is 24.3 Å². The van der Waals surface area contributed by atoms with Gasteiger partial charge in [0, 0.05) is 15.8 Å². The number of nitrogens with zero attached hydrogens (tertiary/aromatic N) is 1. The molecule has 0 aliphatic heterocycles. The second kappa shape index (κ2) is 5.17. The summed E-state index contributed by atoms with van der Waals surface area (Å²) in [6, 6.07) is 8.31. The number of thiophene rings is 1. The number of fused-ring (bicyclic) bond motifs is 3. The maximum absolute atomic E-state index is 12.1. The summed E-state index contributed by atoms with van der Waals surface area (Å²) in [7, 11) is 0. The topological polar surface area (TPSA) is 56.0 Å². The number of carbonyl (C=O) groups excluding carboxylic acids is 1. The molecule has 0 atom stereocenters. The van der Waals surface area contributed by atoms with Crippen LogP contribution in [0.4, 0.5) is 0 Å². The highest BCUT2D eigenvalue weighted by atomic mass is 32.1. The van der Waals surface area contributed by atoms with Gasteiger partial charge in [-0.2, -0.15) is 0 Å². The maximum Gasteiger partial charge on any atom is 0.251 e. The second-order valence-electron chi connectivity index (χ2n) is 6.21. The van der Waals surface area contributed by atoms with Crippen LogP contribution in [0.5, 0.6) is 0 Å². The SMILES string of the molecule is Cc1ccc(-c2c(C(N)=O)c(C)nc3sc4c(c23)CCC4)cc1. The molecular weight excluding hydrogens is 304 g/mol. The van der Waals surface area contributed by atoms with Gasteiger partial charge in [0.2, 0.25) is 0 Å². The van der Waals surface area contributed by atoms with Gasteiger partial charge in [-0.15, -0.1) is 11.3 Å². The molecule has 0 unspecified atom stereocenters. The third-order valence-corrected chi connectivity index (χ3v) is 5.81. The molecule has 0 saturated heterocycles. The minimum Gasteiger partial charge on any atom is -0.366 e. The Morgan fingerprint density at radius 2 is 1.91 bits per heavy atom. The van der Waals surface area contributed by atoms with Crippen LogP contribution in [0.3, 0.4) is 0 Å². The van der Waals surface area contributed by atoms with E-state index < -0.39 is 5.91 Å². The van der Waals surface area contributed by atoms with E-state index in [1.165, 1.54) is 22.4 Å². The van der Waals surface area contributed by atoms with Crippen LogP contribution in [0.25, 0.3) is 21.3 Å². The van der Waals surface area contributed by atoms with Crippen molar-refractivity contribution in [3.8, 4) is 11.1 Å². The predicted molar refractivity (Wildman–Crippen MR) is 95.1 cm³/mol. The van der Waals surface area contributed by atoms with Crippen molar-refractivity contribution in [3.05, 3.63) is 51.5 Å². The molecule has 2 heterocycles. The van der Waals surface area contributed by atoms with Crippen LogP contribution < -0.4 is 5.73 Å². The Kier molecular flexibility index (Phi) is 3.23. The smallest absolute Gasteiger partial charge is 0.251 e. The normalized spacial score (nSPS) is 13.5. The van der Waals surface area contributed by atoms with E-state index in [0.29, 0.717) is 5.56 Å². The molecular formula is C19H18N2OS. The number of nitrogens with two attached hydrogens (primary N) is 1. The lowest BCUT2D eigenvalue weighted by atomic mass is 9.93. The van der Waals surface area contributed by atoms with E-state index in [-0.39, 0.29) is 0 Å². The highest BCUT2D eigenvalue weighted by molar-refractivity contribution is 7.19. The summed E-state index contributed by atoms with van der Waals surface area (Å²) in [6.45, 7) is 3.94. The third-order valence-electron chi connectivity index (χ3n) is 4.62. The molecule has 2 N–H and O–H groups in total. The van der Waals surface area contributed by atoms with Crippen LogP contribution >= 0.6 is 11.3 Å². The molecule has 116 valence electrons. The van der Waals surface area contributed by atoms with Gasteiger partial charge >= 0.3 is 0 Å². The van der Waals surface area contributed by atoms with Gasteiger partial charge < -0.3 is 5.73 Å². The van der Waals surface area contributed by atoms with Gasteiger partial charge in [0.05, 0.1) is 11.3 Å². The summed E-state index contributed by atoms with van der Waals surface area (Å²) < 4.78 is 0. The van der Waals surface area contributed by atoms with E-state index in [2.05, 4.69) is 36.2 Å². The molecule has 0 spiro atoms. The number of hydrogen-bond acceptors (Lipinski definition) is 3. The molecule has 1 aromatic carbocycles. The number of aryl methyl sites for hydroxylation is 4. The highest BCUT2D eigenvalue weighted by Gasteiger charge is 2.26. The quantitative estimate of drug-likeness (QED) is 0.770. The van der Waals surface area contributed by atoms with Crippen molar-refractivity contribution in [2.24, 2.45) is 5.73 Å². The van der Waals surface area contributed by atoms with E-state index in [4.69, 9.17) is 5.73 Å². The largest absolute Gasteiger partial charge is 0.366 e. The molecule has 1 amide bonds. The Bertz CT molecular complexity index is 938. The summed E-state index contributed by atoms with van der Waals surface area (Å²) in [5, 5.41) is 1.14. The zero-order chi connectivity index (χ0) is 16.1. The first-order valence-electron chi connectivity index (χ1n) is 7.88. The lowest BCUT2D eigenvalue weighted by Gasteiger charge is -2.13. The number of aromatic nitrogens is 1. The number of primary amides is 1. The van der Waals surface area contributed by atoms with Crippen molar-refractivity contribution >= 4 is 27.5 Å². The molecule has 1 aliphatic rings. The Hall–Kier alpha value is -2.20. The highest BCUT2D eigenvalue weighted by Crippen LogP contribution is 2.43. The van der Waals surface area contributed by atoms with Crippen LogP contribution in [0, 0.1) is 13.8 Å². The molecule has 0 fully saturated rings. The molecule has 3 nitrogen and oxygen atoms in total. The first-order chi connectivity index (χ1) is 11.1. The number of benzene rings is 1. The first-order valence-corrected chi connectivity index (χ1v) is 8.69. The molecule has 23 heavy (non-hydrogen) atoms. The van der Waals surface area contributed by atoms with Crippen molar-refractivity contribution < 1.29 is 4.79 Å². The Labute approximate surface area is 139 Å². The average Bonchev–Trinajstić information content (AvgIpc) is 3.06. The van der Waals surface area contributed by atoms with Crippen molar-refractivity contribution in [3.63, 3.8) is 0 Å². The molecule has 0 bridgehead atoms. The summed E-state index contributed by atoms with van der Waals surface area (Å²) in [4.78, 5) is 19.3. The van der Waals surface area contributed by atoms with Crippen molar-refractivity contribution in [2.45, 2.75) is 33.1 Å². The first kappa shape index (κ1) is 14.4. The second-order valence-corrected chi connectivity index (χ2v) is 7.30. The van der Waals surface area contributed by atoms with Gasteiger partial charge in [-0.05, 0) is 44.2 Å². The fourth-order valence-corrected chi connectivity index (χ4v) is 4.87. The number of amides is 1. The summed E-state index contributed by atoms with van der Waals surface area (Å²) in [6.07, 6.45) is 3.37. The van der Waals surface area contributed by atoms with Gasteiger partial charge in [-0.3, -0.25) is 4.79 Å². The summed E-state index contributed by atoms with van der Waals surface area (Å²) in [5.41, 5.74) is 11.6. The standard InChI is InChI=1S/C19H18N2OS/c1-10-6-8-12(9-7-10)16-15(18(20)22)11(2)21-19-17(16)13-4-3-5-14(13)23-19/h6-9H,3-5H2,1-2H3,(H2,20,22). The maximum atomic E-state index is 12.1. The minimum absolute atomic E-state index is 0.398. The van der Waals surface area contributed by atoms with Gasteiger partial charge in [0.1, 0.15) is 4.83 Å². The monoisotopic (exact) mass is 322 g/mol. The zero-order valence-corrected chi connectivity index (χ0v) is 14.1. The average molecular weight is 322 g/mol. The van der Waals surface area contributed by atoms with Crippen LogP contribution in [0.2, 0.25) is 0 Å². The summed E-state index contributed by atoms with van der Waals surface area (Å²) in [5.74, 6) is -0.398. The van der Waals surface area contributed by atoms with Crippen LogP contribution in [-0.2, 0) is 12.8 Å². The number of rotatable bonds is 2. The van der Waals surface area contributed by atoms with Crippen LogP contribution in [-0.4, -0.2) is 10.9 Å². The Morgan fingerprint density at radius 3 is 2.61 bits per heavy atom. The van der Waals surface area contributed by atoms with Gasteiger partial charge in [0.25, 0.3) is 5.91 Å². The summed E-state index contributed by atoms with van der Waals surface area (Å²) >= 11 is 1.77. The van der Waals surface area contributed by atoms with Crippen molar-refractivity contribution in [1.82, 2.24) is 4.98 Å². The van der Waals surface area contributed by atoms with Gasteiger partial charge in [-0.1, -0.05) is 29.8 Å². The van der Waals surface area contributed by atoms with E-state index >= 15 is 0 Å². The molecule has 0 radical (unpaired) electrons. The number of carbonyl (C=O) groups is 1. The predicted octanol–water partition coefficient (Wildman–Crippen LogP) is 4.17. The number of hydrogen-bond donors (Lipinski definition) is 1. The number of pyridine rings is 1. The fraction of sp³-hybridized carbons (Fsp3) is 0.263. The molecule has 4 heteroatoms. The Balaban J connectivity index is 2.15.